The highest BCUT2D eigenvalue weighted by Crippen LogP contribution is 2.27. The quantitative estimate of drug-likeness (QED) is 0.923. The third kappa shape index (κ3) is 5.00. The van der Waals surface area contributed by atoms with Gasteiger partial charge in [-0.3, -0.25) is 4.90 Å². The van der Waals surface area contributed by atoms with Crippen molar-refractivity contribution in [3.63, 3.8) is 0 Å². The van der Waals surface area contributed by atoms with E-state index < -0.39 is 5.60 Å². The Morgan fingerprint density at radius 3 is 2.62 bits per heavy atom. The first-order valence-electron chi connectivity index (χ1n) is 7.62. The van der Waals surface area contributed by atoms with Gasteiger partial charge >= 0.3 is 6.09 Å². The predicted molar refractivity (Wildman–Crippen MR) is 86.7 cm³/mol. The fourth-order valence-corrected chi connectivity index (χ4v) is 3.43. The van der Waals surface area contributed by atoms with Crippen LogP contribution in [0.3, 0.4) is 0 Å². The minimum absolute atomic E-state index is 0.228. The Labute approximate surface area is 131 Å². The van der Waals surface area contributed by atoms with Crippen molar-refractivity contribution in [2.45, 2.75) is 58.2 Å². The number of hydrogen-bond donors (Lipinski definition) is 1. The lowest BCUT2D eigenvalue weighted by Gasteiger charge is -2.36. The van der Waals surface area contributed by atoms with Gasteiger partial charge in [-0.25, -0.2) is 4.79 Å². The van der Waals surface area contributed by atoms with Crippen molar-refractivity contribution in [2.75, 3.05) is 13.1 Å². The SMILES string of the molecule is CC(c1cccs1)N1CCC(NC(=O)OC(C)(C)C)CC1. The molecule has 0 radical (unpaired) electrons. The number of carbonyl (C=O) groups is 1. The van der Waals surface area contributed by atoms with Crippen molar-refractivity contribution in [3.8, 4) is 0 Å². The van der Waals surface area contributed by atoms with E-state index in [0.29, 0.717) is 6.04 Å². The molecule has 5 heteroatoms. The summed E-state index contributed by atoms with van der Waals surface area (Å²) >= 11 is 1.81. The molecule has 1 aromatic rings. The predicted octanol–water partition coefficient (Wildman–Crippen LogP) is 3.80. The molecule has 0 bridgehead atoms. The van der Waals surface area contributed by atoms with E-state index in [1.54, 1.807) is 0 Å². The fraction of sp³-hybridized carbons (Fsp3) is 0.688. The minimum atomic E-state index is -0.432. The lowest BCUT2D eigenvalue weighted by molar-refractivity contribution is 0.0470. The van der Waals surface area contributed by atoms with Gasteiger partial charge in [0.15, 0.2) is 0 Å². The second-order valence-electron chi connectivity index (χ2n) is 6.65. The van der Waals surface area contributed by atoms with Crippen LogP contribution in [0.5, 0.6) is 0 Å². The number of hydrogen-bond acceptors (Lipinski definition) is 4. The number of carbonyl (C=O) groups excluding carboxylic acids is 1. The average Bonchev–Trinajstić information content (AvgIpc) is 2.90. The summed E-state index contributed by atoms with van der Waals surface area (Å²) in [5.74, 6) is 0. The Morgan fingerprint density at radius 1 is 1.43 bits per heavy atom. The summed E-state index contributed by atoms with van der Waals surface area (Å²) in [5.41, 5.74) is -0.432. The maximum Gasteiger partial charge on any atom is 0.407 e. The van der Waals surface area contributed by atoms with Gasteiger partial charge in [0.05, 0.1) is 0 Å². The maximum atomic E-state index is 11.8. The molecular weight excluding hydrogens is 284 g/mol. The molecule has 1 aliphatic heterocycles. The van der Waals surface area contributed by atoms with Crippen molar-refractivity contribution in [3.05, 3.63) is 22.4 Å². The van der Waals surface area contributed by atoms with Crippen LogP contribution in [0.15, 0.2) is 17.5 Å². The highest BCUT2D eigenvalue weighted by Gasteiger charge is 2.26. The third-order valence-electron chi connectivity index (χ3n) is 3.75. The van der Waals surface area contributed by atoms with Crippen LogP contribution in [0.1, 0.15) is 51.5 Å². The smallest absolute Gasteiger partial charge is 0.407 e. The number of ether oxygens (including phenoxy) is 1. The molecular formula is C16H26N2O2S. The molecule has 1 atom stereocenters. The van der Waals surface area contributed by atoms with E-state index >= 15 is 0 Å². The fourth-order valence-electron chi connectivity index (χ4n) is 2.61. The molecule has 1 aliphatic rings. The maximum absolute atomic E-state index is 11.8. The second kappa shape index (κ2) is 6.79. The van der Waals surface area contributed by atoms with Gasteiger partial charge in [-0.15, -0.1) is 11.3 Å². The van der Waals surface area contributed by atoms with Gasteiger partial charge in [0.2, 0.25) is 0 Å². The number of amides is 1. The standard InChI is InChI=1S/C16H26N2O2S/c1-12(14-6-5-11-21-14)18-9-7-13(8-10-18)17-15(19)20-16(2,3)4/h5-6,11-13H,7-10H2,1-4H3,(H,17,19). The molecule has 4 nitrogen and oxygen atoms in total. The Morgan fingerprint density at radius 2 is 2.10 bits per heavy atom. The molecule has 1 N–H and O–H groups in total. The van der Waals surface area contributed by atoms with Crippen LogP contribution in [0, 0.1) is 0 Å². The van der Waals surface area contributed by atoms with E-state index in [9.17, 15) is 4.79 Å². The largest absolute Gasteiger partial charge is 0.444 e. The van der Waals surface area contributed by atoms with E-state index in [4.69, 9.17) is 4.74 Å². The van der Waals surface area contributed by atoms with Crippen molar-refractivity contribution in [1.82, 2.24) is 10.2 Å². The van der Waals surface area contributed by atoms with E-state index in [-0.39, 0.29) is 12.1 Å². The van der Waals surface area contributed by atoms with Gasteiger partial charge in [-0.05, 0) is 52.0 Å². The van der Waals surface area contributed by atoms with Crippen LogP contribution in [-0.2, 0) is 4.74 Å². The van der Waals surface area contributed by atoms with Crippen LogP contribution in [0.4, 0.5) is 4.79 Å². The Bertz CT molecular complexity index is 445. The third-order valence-corrected chi connectivity index (χ3v) is 4.80. The summed E-state index contributed by atoms with van der Waals surface area (Å²) in [5, 5.41) is 5.11. The molecule has 1 unspecified atom stereocenters. The molecule has 0 aromatic carbocycles. The topological polar surface area (TPSA) is 41.6 Å². The molecule has 21 heavy (non-hydrogen) atoms. The summed E-state index contributed by atoms with van der Waals surface area (Å²) in [6.45, 7) is 9.94. The van der Waals surface area contributed by atoms with Crippen molar-refractivity contribution in [2.24, 2.45) is 0 Å². The summed E-state index contributed by atoms with van der Waals surface area (Å²) in [6, 6.07) is 4.99. The molecule has 1 aromatic heterocycles. The van der Waals surface area contributed by atoms with Gasteiger partial charge in [-0.1, -0.05) is 6.07 Å². The van der Waals surface area contributed by atoms with Gasteiger partial charge in [0, 0.05) is 30.1 Å². The molecule has 2 rings (SSSR count). The van der Waals surface area contributed by atoms with Crippen LogP contribution in [0.25, 0.3) is 0 Å². The van der Waals surface area contributed by atoms with E-state index in [1.165, 1.54) is 4.88 Å². The lowest BCUT2D eigenvalue weighted by Crippen LogP contribution is -2.46. The number of nitrogens with zero attached hydrogens (tertiary/aromatic N) is 1. The normalized spacial score (nSPS) is 19.2. The monoisotopic (exact) mass is 310 g/mol. The molecule has 118 valence electrons. The van der Waals surface area contributed by atoms with Crippen molar-refractivity contribution >= 4 is 17.4 Å². The molecule has 0 aliphatic carbocycles. The molecule has 1 amide bonds. The first-order valence-corrected chi connectivity index (χ1v) is 8.50. The number of alkyl carbamates (subject to hydrolysis) is 1. The van der Waals surface area contributed by atoms with Crippen molar-refractivity contribution in [1.29, 1.82) is 0 Å². The molecule has 2 heterocycles. The Balaban J connectivity index is 1.77. The lowest BCUT2D eigenvalue weighted by atomic mass is 10.0. The van der Waals surface area contributed by atoms with Crippen LogP contribution < -0.4 is 5.32 Å². The summed E-state index contributed by atoms with van der Waals surface area (Å²) in [4.78, 5) is 15.7. The molecule has 1 saturated heterocycles. The number of likely N-dealkylation sites (tertiary alicyclic amines) is 1. The van der Waals surface area contributed by atoms with Crippen LogP contribution >= 0.6 is 11.3 Å². The minimum Gasteiger partial charge on any atom is -0.444 e. The number of nitrogens with one attached hydrogen (secondary N) is 1. The first kappa shape index (κ1) is 16.3. The highest BCUT2D eigenvalue weighted by molar-refractivity contribution is 7.10. The van der Waals surface area contributed by atoms with Crippen LogP contribution in [0.2, 0.25) is 0 Å². The summed E-state index contributed by atoms with van der Waals surface area (Å²) in [7, 11) is 0. The number of piperidine rings is 1. The molecule has 1 fully saturated rings. The zero-order valence-corrected chi connectivity index (χ0v) is 14.2. The summed E-state index contributed by atoms with van der Waals surface area (Å²) in [6.07, 6.45) is 1.66. The van der Waals surface area contributed by atoms with Gasteiger partial charge in [0.25, 0.3) is 0 Å². The number of thiophene rings is 1. The van der Waals surface area contributed by atoms with Gasteiger partial charge in [0.1, 0.15) is 5.60 Å². The number of rotatable bonds is 3. The zero-order valence-electron chi connectivity index (χ0n) is 13.4. The van der Waals surface area contributed by atoms with E-state index in [2.05, 4.69) is 34.7 Å². The van der Waals surface area contributed by atoms with Gasteiger partial charge < -0.3 is 10.1 Å². The summed E-state index contributed by atoms with van der Waals surface area (Å²) < 4.78 is 5.31. The first-order chi connectivity index (χ1) is 9.85. The van der Waals surface area contributed by atoms with E-state index in [0.717, 1.165) is 25.9 Å². The second-order valence-corrected chi connectivity index (χ2v) is 7.63. The average molecular weight is 310 g/mol. The Kier molecular flexibility index (Phi) is 5.27. The molecule has 0 saturated carbocycles. The molecule has 0 spiro atoms. The Hall–Kier alpha value is -1.07. The zero-order chi connectivity index (χ0) is 15.5. The van der Waals surface area contributed by atoms with Crippen LogP contribution in [-0.4, -0.2) is 35.7 Å². The highest BCUT2D eigenvalue weighted by atomic mass is 32.1. The van der Waals surface area contributed by atoms with Gasteiger partial charge in [-0.2, -0.15) is 0 Å². The van der Waals surface area contributed by atoms with E-state index in [1.807, 2.05) is 32.1 Å². The van der Waals surface area contributed by atoms with Crippen molar-refractivity contribution < 1.29 is 9.53 Å².